The van der Waals surface area contributed by atoms with Crippen LogP contribution in [0.25, 0.3) is 0 Å². The summed E-state index contributed by atoms with van der Waals surface area (Å²) in [7, 11) is -1.79. The number of carbonyl (C=O) groups is 1. The SMILES string of the molecule is Cn1cccc1C(=O)N1CCCC(S(N)(=O)=O)C1. The van der Waals surface area contributed by atoms with E-state index in [1.165, 1.54) is 0 Å². The first kappa shape index (κ1) is 13.1. The molecule has 0 bridgehead atoms. The summed E-state index contributed by atoms with van der Waals surface area (Å²) in [6.07, 6.45) is 2.97. The van der Waals surface area contributed by atoms with E-state index in [0.717, 1.165) is 0 Å². The van der Waals surface area contributed by atoms with Crippen molar-refractivity contribution < 1.29 is 13.2 Å². The highest BCUT2D eigenvalue weighted by atomic mass is 32.2. The predicted octanol–water partition coefficient (Wildman–Crippen LogP) is -0.0818. The van der Waals surface area contributed by atoms with Gasteiger partial charge in [-0.05, 0) is 25.0 Å². The van der Waals surface area contributed by atoms with Crippen molar-refractivity contribution >= 4 is 15.9 Å². The lowest BCUT2D eigenvalue weighted by Gasteiger charge is -2.31. The molecule has 1 aromatic heterocycles. The maximum atomic E-state index is 12.2. The largest absolute Gasteiger partial charge is 0.347 e. The second kappa shape index (κ2) is 4.74. The van der Waals surface area contributed by atoms with E-state index < -0.39 is 15.3 Å². The van der Waals surface area contributed by atoms with Crippen LogP contribution < -0.4 is 5.14 Å². The van der Waals surface area contributed by atoms with Crippen molar-refractivity contribution in [3.63, 3.8) is 0 Å². The number of aromatic nitrogens is 1. The summed E-state index contributed by atoms with van der Waals surface area (Å²) in [6, 6.07) is 3.51. The summed E-state index contributed by atoms with van der Waals surface area (Å²) in [5.74, 6) is -0.143. The number of hydrogen-bond acceptors (Lipinski definition) is 3. The monoisotopic (exact) mass is 271 g/mol. The van der Waals surface area contributed by atoms with Crippen LogP contribution in [0.2, 0.25) is 0 Å². The van der Waals surface area contributed by atoms with Crippen LogP contribution in [0.1, 0.15) is 23.3 Å². The fourth-order valence-corrected chi connectivity index (χ4v) is 3.12. The van der Waals surface area contributed by atoms with E-state index in [-0.39, 0.29) is 12.5 Å². The smallest absolute Gasteiger partial charge is 0.270 e. The summed E-state index contributed by atoms with van der Waals surface area (Å²) in [6.45, 7) is 0.763. The number of sulfonamides is 1. The van der Waals surface area contributed by atoms with Gasteiger partial charge in [-0.2, -0.15) is 0 Å². The third-order valence-corrected chi connectivity index (χ3v) is 4.61. The number of hydrogen-bond donors (Lipinski definition) is 1. The van der Waals surface area contributed by atoms with Crippen molar-refractivity contribution in [3.8, 4) is 0 Å². The van der Waals surface area contributed by atoms with Crippen LogP contribution in [0.3, 0.4) is 0 Å². The van der Waals surface area contributed by atoms with Crippen molar-refractivity contribution in [3.05, 3.63) is 24.0 Å². The van der Waals surface area contributed by atoms with Gasteiger partial charge < -0.3 is 9.47 Å². The first-order valence-corrected chi connectivity index (χ1v) is 7.43. The molecule has 1 unspecified atom stereocenters. The Kier molecular flexibility index (Phi) is 3.45. The Labute approximate surface area is 106 Å². The normalized spacial score (nSPS) is 21.0. The van der Waals surface area contributed by atoms with Crippen LogP contribution in [0, 0.1) is 0 Å². The van der Waals surface area contributed by atoms with Gasteiger partial charge in [0.2, 0.25) is 10.0 Å². The summed E-state index contributed by atoms with van der Waals surface area (Å²) in [4.78, 5) is 13.8. The zero-order chi connectivity index (χ0) is 13.3. The molecule has 1 aliphatic heterocycles. The molecule has 6 nitrogen and oxygen atoms in total. The maximum Gasteiger partial charge on any atom is 0.270 e. The number of aryl methyl sites for hydroxylation is 1. The highest BCUT2D eigenvalue weighted by Gasteiger charge is 2.31. The zero-order valence-electron chi connectivity index (χ0n) is 10.2. The lowest BCUT2D eigenvalue weighted by molar-refractivity contribution is 0.0717. The van der Waals surface area contributed by atoms with Crippen molar-refractivity contribution in [1.82, 2.24) is 9.47 Å². The minimum atomic E-state index is -3.57. The number of likely N-dealkylation sites (tertiary alicyclic amines) is 1. The van der Waals surface area contributed by atoms with Gasteiger partial charge in [0, 0.05) is 26.3 Å². The van der Waals surface area contributed by atoms with Crippen LogP contribution in [-0.2, 0) is 17.1 Å². The van der Waals surface area contributed by atoms with E-state index in [1.54, 1.807) is 34.8 Å². The highest BCUT2D eigenvalue weighted by Crippen LogP contribution is 2.17. The minimum absolute atomic E-state index is 0.143. The predicted molar refractivity (Wildman–Crippen MR) is 67.4 cm³/mol. The van der Waals surface area contributed by atoms with E-state index in [1.807, 2.05) is 0 Å². The third-order valence-electron chi connectivity index (χ3n) is 3.29. The van der Waals surface area contributed by atoms with E-state index in [0.29, 0.717) is 25.1 Å². The van der Waals surface area contributed by atoms with Gasteiger partial charge in [-0.25, -0.2) is 13.6 Å². The Morgan fingerprint density at radius 3 is 2.78 bits per heavy atom. The molecule has 2 rings (SSSR count). The summed E-state index contributed by atoms with van der Waals surface area (Å²) >= 11 is 0. The van der Waals surface area contributed by atoms with Crippen molar-refractivity contribution in [1.29, 1.82) is 0 Å². The van der Waals surface area contributed by atoms with E-state index in [9.17, 15) is 13.2 Å². The van der Waals surface area contributed by atoms with Gasteiger partial charge in [0.1, 0.15) is 5.69 Å². The van der Waals surface area contributed by atoms with Crippen LogP contribution in [0.4, 0.5) is 0 Å². The molecule has 0 spiro atoms. The minimum Gasteiger partial charge on any atom is -0.347 e. The van der Waals surface area contributed by atoms with Gasteiger partial charge >= 0.3 is 0 Å². The quantitative estimate of drug-likeness (QED) is 0.816. The van der Waals surface area contributed by atoms with Gasteiger partial charge in [0.15, 0.2) is 0 Å². The Morgan fingerprint density at radius 2 is 2.22 bits per heavy atom. The van der Waals surface area contributed by atoms with Gasteiger partial charge in [0.25, 0.3) is 5.91 Å². The van der Waals surface area contributed by atoms with Crippen molar-refractivity contribution in [2.24, 2.45) is 12.2 Å². The standard InChI is InChI=1S/C11H17N3O3S/c1-13-6-3-5-10(13)11(15)14-7-2-4-9(8-14)18(12,16)17/h3,5-6,9H,2,4,7-8H2,1H3,(H2,12,16,17). The first-order valence-electron chi connectivity index (χ1n) is 5.82. The molecule has 1 aliphatic rings. The zero-order valence-corrected chi connectivity index (χ0v) is 11.1. The van der Waals surface area contributed by atoms with E-state index >= 15 is 0 Å². The van der Waals surface area contributed by atoms with Crippen molar-refractivity contribution in [2.45, 2.75) is 18.1 Å². The molecular weight excluding hydrogens is 254 g/mol. The second-order valence-corrected chi connectivity index (χ2v) is 6.45. The highest BCUT2D eigenvalue weighted by molar-refractivity contribution is 7.89. The lowest BCUT2D eigenvalue weighted by Crippen LogP contribution is -2.47. The first-order chi connectivity index (χ1) is 8.39. The van der Waals surface area contributed by atoms with Gasteiger partial charge in [-0.3, -0.25) is 4.79 Å². The molecule has 7 heteroatoms. The Morgan fingerprint density at radius 1 is 1.50 bits per heavy atom. The molecule has 1 aromatic rings. The molecule has 0 saturated carbocycles. The van der Waals surface area contributed by atoms with Crippen LogP contribution >= 0.6 is 0 Å². The maximum absolute atomic E-state index is 12.2. The molecule has 1 fully saturated rings. The average molecular weight is 271 g/mol. The summed E-state index contributed by atoms with van der Waals surface area (Å²) in [5, 5.41) is 4.51. The Hall–Kier alpha value is -1.34. The molecule has 1 amide bonds. The van der Waals surface area contributed by atoms with Crippen LogP contribution in [0.15, 0.2) is 18.3 Å². The van der Waals surface area contributed by atoms with Gasteiger partial charge in [0.05, 0.1) is 5.25 Å². The fraction of sp³-hybridized carbons (Fsp3) is 0.545. The number of carbonyl (C=O) groups excluding carboxylic acids is 1. The van der Waals surface area contributed by atoms with Crippen molar-refractivity contribution in [2.75, 3.05) is 13.1 Å². The molecule has 0 aromatic carbocycles. The number of rotatable bonds is 2. The van der Waals surface area contributed by atoms with Gasteiger partial charge in [-0.15, -0.1) is 0 Å². The Balaban J connectivity index is 2.15. The number of nitrogens with two attached hydrogens (primary N) is 1. The molecule has 1 saturated heterocycles. The molecule has 2 heterocycles. The van der Waals surface area contributed by atoms with E-state index in [4.69, 9.17) is 5.14 Å². The number of piperidine rings is 1. The van der Waals surface area contributed by atoms with Crippen LogP contribution in [0.5, 0.6) is 0 Å². The molecule has 2 N–H and O–H groups in total. The third kappa shape index (κ3) is 2.56. The van der Waals surface area contributed by atoms with Gasteiger partial charge in [-0.1, -0.05) is 0 Å². The molecule has 0 aliphatic carbocycles. The topological polar surface area (TPSA) is 85.4 Å². The second-order valence-electron chi connectivity index (χ2n) is 4.61. The molecule has 18 heavy (non-hydrogen) atoms. The molecular formula is C11H17N3O3S. The summed E-state index contributed by atoms with van der Waals surface area (Å²) < 4.78 is 24.4. The fourth-order valence-electron chi connectivity index (χ4n) is 2.24. The molecule has 1 atom stereocenters. The Bertz CT molecular complexity index is 550. The average Bonchev–Trinajstić information content (AvgIpc) is 2.73. The number of amides is 1. The number of nitrogens with zero attached hydrogens (tertiary/aromatic N) is 2. The summed E-state index contributed by atoms with van der Waals surface area (Å²) in [5.41, 5.74) is 0.560. The molecule has 100 valence electrons. The number of primary sulfonamides is 1. The van der Waals surface area contributed by atoms with E-state index in [2.05, 4.69) is 0 Å². The lowest BCUT2D eigenvalue weighted by atomic mass is 10.1. The molecule has 0 radical (unpaired) electrons. The van der Waals surface area contributed by atoms with Crippen LogP contribution in [-0.4, -0.2) is 42.1 Å².